The molecule has 1 heterocycles. The van der Waals surface area contributed by atoms with Crippen LogP contribution in [-0.2, 0) is 0 Å². The Balaban J connectivity index is 2.00. The van der Waals surface area contributed by atoms with Crippen LogP contribution in [0.3, 0.4) is 0 Å². The van der Waals surface area contributed by atoms with E-state index in [9.17, 15) is 0 Å². The molecule has 1 rings (SSSR count). The zero-order chi connectivity index (χ0) is 2.83. The first-order valence-corrected chi connectivity index (χ1v) is 12.7. The van der Waals surface area contributed by atoms with Crippen molar-refractivity contribution in [2.75, 3.05) is 0 Å². The van der Waals surface area contributed by atoms with Crippen LogP contribution in [0.2, 0.25) is 0 Å². The van der Waals surface area contributed by atoms with Crippen molar-refractivity contribution in [1.29, 1.82) is 0 Å². The van der Waals surface area contributed by atoms with Crippen LogP contribution in [0, 0.1) is 0 Å². The molecule has 4 heteroatoms. The molecule has 1 aliphatic heterocycles. The molecule has 1 fully saturated rings. The van der Waals surface area contributed by atoms with Crippen LogP contribution in [0.5, 0.6) is 0 Å². The Hall–Kier alpha value is 1.29. The van der Waals surface area contributed by atoms with Crippen LogP contribution in [0.1, 0.15) is 0 Å². The molecule has 0 N–H and O–H groups in total. The van der Waals surface area contributed by atoms with Gasteiger partial charge in [-0.2, -0.15) is 0 Å². The van der Waals surface area contributed by atoms with Crippen molar-refractivity contribution in [2.24, 2.45) is 0 Å². The van der Waals surface area contributed by atoms with Crippen LogP contribution in [0.15, 0.2) is 0 Å². The SMILES string of the molecule is [SiH2]1P[SiH2]P1. The van der Waals surface area contributed by atoms with E-state index in [1.54, 1.807) is 15.4 Å². The van der Waals surface area contributed by atoms with Gasteiger partial charge in [0.2, 0.25) is 0 Å². The Morgan fingerprint density at radius 3 is 1.25 bits per heavy atom. The Kier molecular flexibility index (Phi) is 1.45. The third-order valence-electron chi connectivity index (χ3n) is 0.500. The highest BCUT2D eigenvalue weighted by Gasteiger charge is 1.96. The second-order valence-corrected chi connectivity index (χ2v) is 23.0. The second-order valence-electron chi connectivity index (χ2n) is 0.854. The highest BCUT2D eigenvalue weighted by molar-refractivity contribution is 8.42. The van der Waals surface area contributed by atoms with Gasteiger partial charge in [0, 0.05) is 0 Å². The fraction of sp³-hybridized carbons (Fsp3) is 0. The maximum absolute atomic E-state index is 1.61. The van der Waals surface area contributed by atoms with E-state index in [4.69, 9.17) is 0 Å². The topological polar surface area (TPSA) is 0 Å². The predicted molar refractivity (Wildman–Crippen MR) is 33.7 cm³/mol. The van der Waals surface area contributed by atoms with Gasteiger partial charge < -0.3 is 0 Å². The highest BCUT2D eigenvalue weighted by atomic mass is 32.0. The summed E-state index contributed by atoms with van der Waals surface area (Å²) in [6.07, 6.45) is 0. The molecule has 1 saturated heterocycles. The molecule has 0 atom stereocenters. The first kappa shape index (κ1) is 3.48. The molecule has 0 aliphatic carbocycles. The monoisotopic (exact) mass is 124 g/mol. The normalized spacial score (nSPS) is 48.0. The van der Waals surface area contributed by atoms with E-state index in [1.807, 2.05) is 0 Å². The lowest BCUT2D eigenvalue weighted by Crippen LogP contribution is -1.85. The molecule has 0 aromatic rings. The summed E-state index contributed by atoms with van der Waals surface area (Å²) in [5.74, 6) is 0. The van der Waals surface area contributed by atoms with Crippen LogP contribution in [0.25, 0.3) is 0 Å². The Labute approximate surface area is 33.8 Å². The average molecular weight is 124 g/mol. The van der Waals surface area contributed by atoms with Gasteiger partial charge in [0.05, 0.1) is 17.7 Å². The van der Waals surface area contributed by atoms with Crippen molar-refractivity contribution < 1.29 is 0 Å². The van der Waals surface area contributed by atoms with Crippen molar-refractivity contribution >= 4 is 33.1 Å². The Bertz CT molecular complexity index is 12.0. The molecular formula is H6P2Si2. The molecule has 4 heavy (non-hydrogen) atoms. The predicted octanol–water partition coefficient (Wildman–Crippen LogP) is -0.645. The van der Waals surface area contributed by atoms with E-state index in [1.165, 1.54) is 0 Å². The van der Waals surface area contributed by atoms with Gasteiger partial charge in [-0.15, -0.1) is 15.4 Å². The quantitative estimate of drug-likeness (QED) is 0.297. The number of rotatable bonds is 0. The van der Waals surface area contributed by atoms with Gasteiger partial charge >= 0.3 is 0 Å². The highest BCUT2D eigenvalue weighted by Crippen LogP contribution is 2.34. The van der Waals surface area contributed by atoms with Crippen LogP contribution < -0.4 is 0 Å². The smallest absolute Gasteiger partial charge is 0.0608 e. The van der Waals surface area contributed by atoms with E-state index in [-0.39, 0.29) is 0 Å². The Morgan fingerprint density at radius 2 is 1.25 bits per heavy atom. The van der Waals surface area contributed by atoms with Gasteiger partial charge in [-0.25, -0.2) is 0 Å². The fourth-order valence-corrected chi connectivity index (χ4v) is 10.1. The van der Waals surface area contributed by atoms with E-state index in [0.29, 0.717) is 0 Å². The van der Waals surface area contributed by atoms with Gasteiger partial charge in [0.1, 0.15) is 0 Å². The molecule has 24 valence electrons. The Morgan fingerprint density at radius 1 is 1.00 bits per heavy atom. The summed E-state index contributed by atoms with van der Waals surface area (Å²) in [4.78, 5) is 0. The van der Waals surface area contributed by atoms with Crippen molar-refractivity contribution in [3.8, 4) is 0 Å². The molecule has 0 bridgehead atoms. The third kappa shape index (κ3) is 0.618. The average Bonchev–Trinajstić information content (AvgIpc) is 0.722. The minimum Gasteiger partial charge on any atom is -0.149 e. The summed E-state index contributed by atoms with van der Waals surface area (Å²) in [5.41, 5.74) is 0. The van der Waals surface area contributed by atoms with Gasteiger partial charge in [0.15, 0.2) is 0 Å². The second kappa shape index (κ2) is 1.66. The molecule has 0 spiro atoms. The molecule has 0 amide bonds. The van der Waals surface area contributed by atoms with Gasteiger partial charge in [-0.1, -0.05) is 0 Å². The lowest BCUT2D eigenvalue weighted by molar-refractivity contribution is 4.25. The van der Waals surface area contributed by atoms with Gasteiger partial charge in [0.25, 0.3) is 0 Å². The van der Waals surface area contributed by atoms with Crippen molar-refractivity contribution in [3.05, 3.63) is 0 Å². The lowest BCUT2D eigenvalue weighted by Gasteiger charge is -2.05. The van der Waals surface area contributed by atoms with Gasteiger partial charge in [-0.3, -0.25) is 0 Å². The molecule has 0 unspecified atom stereocenters. The summed E-state index contributed by atoms with van der Waals surface area (Å²) < 4.78 is 0. The maximum Gasteiger partial charge on any atom is 0.0608 e. The molecule has 0 saturated carbocycles. The molecule has 0 aromatic heterocycles. The maximum atomic E-state index is 1.61. The first-order valence-electron chi connectivity index (χ1n) is 1.41. The molecular weight excluding hydrogens is 118 g/mol. The zero-order valence-electron chi connectivity index (χ0n) is 2.41. The molecule has 0 radical (unpaired) electrons. The molecule has 0 nitrogen and oxygen atoms in total. The van der Waals surface area contributed by atoms with E-state index < -0.39 is 0 Å². The van der Waals surface area contributed by atoms with Crippen molar-refractivity contribution in [3.63, 3.8) is 0 Å². The summed E-state index contributed by atoms with van der Waals surface area (Å²) >= 11 is 0. The first-order chi connectivity index (χ1) is 2.00. The minimum absolute atomic E-state index is 0.722. The fourth-order valence-electron chi connectivity index (χ4n) is 0.125. The minimum atomic E-state index is 0.722. The lowest BCUT2D eigenvalue weighted by atomic mass is 27.1. The molecule has 1 aliphatic rings. The van der Waals surface area contributed by atoms with Crippen LogP contribution >= 0.6 is 15.4 Å². The summed E-state index contributed by atoms with van der Waals surface area (Å²) in [7, 11) is 4.67. The number of hydrogen-bond donors (Lipinski definition) is 0. The van der Waals surface area contributed by atoms with E-state index >= 15 is 0 Å². The summed E-state index contributed by atoms with van der Waals surface area (Å²) in [5, 5.41) is 0. The van der Waals surface area contributed by atoms with Crippen molar-refractivity contribution in [2.45, 2.75) is 0 Å². The van der Waals surface area contributed by atoms with Crippen LogP contribution in [0.4, 0.5) is 0 Å². The summed E-state index contributed by atoms with van der Waals surface area (Å²) in [6, 6.07) is 0. The summed E-state index contributed by atoms with van der Waals surface area (Å²) in [6.45, 7) is 0. The van der Waals surface area contributed by atoms with E-state index in [0.717, 1.165) is 17.7 Å². The van der Waals surface area contributed by atoms with Crippen LogP contribution in [-0.4, -0.2) is 17.7 Å². The number of hydrogen-bond acceptors (Lipinski definition) is 0. The third-order valence-corrected chi connectivity index (χ3v) is 40.5. The van der Waals surface area contributed by atoms with Crippen molar-refractivity contribution in [1.82, 2.24) is 0 Å². The largest absolute Gasteiger partial charge is 0.149 e. The molecule has 0 aromatic carbocycles. The zero-order valence-corrected chi connectivity index (χ0v) is 7.24. The standard InChI is InChI=1S/H6P2Si2/c1-3-2-4-1/h1-2H,3-4H2. The van der Waals surface area contributed by atoms with E-state index in [2.05, 4.69) is 0 Å². The van der Waals surface area contributed by atoms with Gasteiger partial charge in [-0.05, 0) is 0 Å².